The number of carbonyl (C=O) groups excluding carboxylic acids is 1. The topological polar surface area (TPSA) is 91.7 Å². The maximum absolute atomic E-state index is 13.0. The second-order valence-electron chi connectivity index (χ2n) is 8.57. The molecule has 8 nitrogen and oxygen atoms in total. The fourth-order valence-corrected chi connectivity index (χ4v) is 5.92. The largest absolute Gasteiger partial charge is 0.508 e. The number of phenolic OH excluding ortho intramolecular Hbond substituents is 1. The van der Waals surface area contributed by atoms with Gasteiger partial charge in [0.1, 0.15) is 34.7 Å². The summed E-state index contributed by atoms with van der Waals surface area (Å²) in [5, 5.41) is 20.5. The molecule has 0 aromatic heterocycles. The zero-order valence-electron chi connectivity index (χ0n) is 19.6. The number of anilines is 1. The van der Waals surface area contributed by atoms with Crippen molar-refractivity contribution in [1.29, 1.82) is 0 Å². The average molecular weight is 489 g/mol. The van der Waals surface area contributed by atoms with E-state index in [1.807, 2.05) is 18.2 Å². The van der Waals surface area contributed by atoms with E-state index in [4.69, 9.17) is 14.2 Å². The summed E-state index contributed by atoms with van der Waals surface area (Å²) in [4.78, 5) is 18.4. The monoisotopic (exact) mass is 488 g/mol. The number of phenols is 1. The number of rotatable bonds is 7. The van der Waals surface area contributed by atoms with Crippen LogP contribution in [0, 0.1) is 0 Å². The predicted octanol–water partition coefficient (Wildman–Crippen LogP) is 2.76. The number of piperazine rings is 1. The second kappa shape index (κ2) is 10.8. The molecule has 9 heteroatoms. The summed E-state index contributed by atoms with van der Waals surface area (Å²) in [6, 6.07) is 12.7. The third kappa shape index (κ3) is 5.21. The Morgan fingerprint density at radius 3 is 2.56 bits per heavy atom. The fraction of sp³-hybridized carbons (Fsp3) is 0.480. The van der Waals surface area contributed by atoms with E-state index in [9.17, 15) is 15.0 Å². The van der Waals surface area contributed by atoms with Crippen LogP contribution in [0.25, 0.3) is 0 Å². The molecular weight excluding hydrogens is 456 g/mol. The Hall–Kier alpha value is -2.62. The number of methoxy groups -OCH3 is 2. The Balaban J connectivity index is 1.40. The van der Waals surface area contributed by atoms with Crippen molar-refractivity contribution in [2.75, 3.05) is 58.5 Å². The molecule has 2 atom stereocenters. The summed E-state index contributed by atoms with van der Waals surface area (Å²) < 4.78 is 15.1. The van der Waals surface area contributed by atoms with Gasteiger partial charge in [0, 0.05) is 31.9 Å². The van der Waals surface area contributed by atoms with Crippen LogP contribution in [-0.2, 0) is 9.53 Å². The first-order valence-electron chi connectivity index (χ1n) is 11.5. The number of hydrogen-bond donors (Lipinski definition) is 2. The molecule has 2 aromatic rings. The van der Waals surface area contributed by atoms with E-state index in [0.29, 0.717) is 17.9 Å². The number of hydrogen-bond acceptors (Lipinski definition) is 9. The van der Waals surface area contributed by atoms with Crippen LogP contribution in [-0.4, -0.2) is 85.5 Å². The van der Waals surface area contributed by atoms with Crippen molar-refractivity contribution in [2.24, 2.45) is 0 Å². The molecule has 0 amide bonds. The van der Waals surface area contributed by atoms with E-state index >= 15 is 0 Å². The lowest BCUT2D eigenvalue weighted by atomic mass is 9.95. The van der Waals surface area contributed by atoms with Crippen LogP contribution in [0.4, 0.5) is 5.69 Å². The van der Waals surface area contributed by atoms with E-state index in [-0.39, 0.29) is 12.4 Å². The number of nitrogens with zero attached hydrogens (tertiary/aromatic N) is 2. The van der Waals surface area contributed by atoms with Crippen molar-refractivity contribution in [3.8, 4) is 17.2 Å². The molecule has 4 rings (SSSR count). The highest BCUT2D eigenvalue weighted by molar-refractivity contribution is 8.01. The minimum absolute atomic E-state index is 0.0206. The van der Waals surface area contributed by atoms with Crippen LogP contribution in [0.1, 0.15) is 12.8 Å². The van der Waals surface area contributed by atoms with Gasteiger partial charge in [-0.15, -0.1) is 11.8 Å². The lowest BCUT2D eigenvalue weighted by molar-refractivity contribution is -0.147. The van der Waals surface area contributed by atoms with Gasteiger partial charge in [-0.25, -0.2) is 0 Å². The Kier molecular flexibility index (Phi) is 7.75. The summed E-state index contributed by atoms with van der Waals surface area (Å²) in [7, 11) is 2.95. The van der Waals surface area contributed by atoms with Crippen molar-refractivity contribution in [3.05, 3.63) is 42.5 Å². The van der Waals surface area contributed by atoms with E-state index in [1.165, 1.54) is 18.9 Å². The van der Waals surface area contributed by atoms with Crippen LogP contribution in [0.15, 0.2) is 47.4 Å². The van der Waals surface area contributed by atoms with Gasteiger partial charge in [-0.1, -0.05) is 0 Å². The number of ether oxygens (including phenoxy) is 3. The smallest absolute Gasteiger partial charge is 0.325 e. The normalized spacial score (nSPS) is 22.9. The summed E-state index contributed by atoms with van der Waals surface area (Å²) >= 11 is 1.30. The summed E-state index contributed by atoms with van der Waals surface area (Å²) in [5.41, 5.74) is 1.11. The Morgan fingerprint density at radius 2 is 1.88 bits per heavy atom. The molecule has 0 radical (unpaired) electrons. The van der Waals surface area contributed by atoms with Crippen LogP contribution in [0.5, 0.6) is 17.2 Å². The Bertz CT molecular complexity index is 980. The molecule has 2 heterocycles. The van der Waals surface area contributed by atoms with E-state index in [1.54, 1.807) is 31.4 Å². The molecule has 0 bridgehead atoms. The zero-order chi connectivity index (χ0) is 24.1. The van der Waals surface area contributed by atoms with Crippen molar-refractivity contribution in [1.82, 2.24) is 4.90 Å². The zero-order valence-corrected chi connectivity index (χ0v) is 20.4. The van der Waals surface area contributed by atoms with Gasteiger partial charge in [-0.05, 0) is 61.9 Å². The molecule has 2 N–H and O–H groups in total. The first-order chi connectivity index (χ1) is 16.4. The van der Waals surface area contributed by atoms with E-state index in [2.05, 4.69) is 9.80 Å². The van der Waals surface area contributed by atoms with E-state index in [0.717, 1.165) is 49.7 Å². The maximum atomic E-state index is 13.0. The Labute approximate surface area is 204 Å². The van der Waals surface area contributed by atoms with Crippen molar-refractivity contribution >= 4 is 23.4 Å². The summed E-state index contributed by atoms with van der Waals surface area (Å²) in [6.45, 7) is 4.44. The standard InChI is InChI=1S/C25H32N2O6S/c1-31-20-8-9-21-22(16-20)34-25(24(30)32-2,23(29)17-33-21)10-3-11-26-12-14-27(15-13-26)18-4-6-19(28)7-5-18/h4-9,16,23,28-29H,3,10-15,17H2,1-2H3/t23-,25+/m0/s1. The number of benzene rings is 2. The highest BCUT2D eigenvalue weighted by Gasteiger charge is 2.49. The number of aromatic hydroxyl groups is 1. The van der Waals surface area contributed by atoms with Crippen molar-refractivity contribution < 1.29 is 29.2 Å². The molecule has 1 fully saturated rings. The van der Waals surface area contributed by atoms with Crippen LogP contribution in [0.2, 0.25) is 0 Å². The third-order valence-corrected chi connectivity index (χ3v) is 8.06. The maximum Gasteiger partial charge on any atom is 0.325 e. The molecule has 0 spiro atoms. The van der Waals surface area contributed by atoms with Crippen molar-refractivity contribution in [3.63, 3.8) is 0 Å². The van der Waals surface area contributed by atoms with Gasteiger partial charge in [-0.3, -0.25) is 9.69 Å². The van der Waals surface area contributed by atoms with Gasteiger partial charge in [0.15, 0.2) is 0 Å². The van der Waals surface area contributed by atoms with Crippen LogP contribution in [0.3, 0.4) is 0 Å². The number of fused-ring (bicyclic) bond motifs is 1. The predicted molar refractivity (Wildman–Crippen MR) is 131 cm³/mol. The summed E-state index contributed by atoms with van der Waals surface area (Å²) in [6.07, 6.45) is 0.191. The van der Waals surface area contributed by atoms with Gasteiger partial charge in [0.25, 0.3) is 0 Å². The third-order valence-electron chi connectivity index (χ3n) is 6.52. The highest BCUT2D eigenvalue weighted by atomic mass is 32.2. The quantitative estimate of drug-likeness (QED) is 0.571. The molecule has 0 unspecified atom stereocenters. The minimum atomic E-state index is -1.15. The van der Waals surface area contributed by atoms with Gasteiger partial charge < -0.3 is 29.3 Å². The molecule has 0 aliphatic carbocycles. The lowest BCUT2D eigenvalue weighted by Crippen LogP contribution is -2.50. The second-order valence-corrected chi connectivity index (χ2v) is 9.94. The highest BCUT2D eigenvalue weighted by Crippen LogP contribution is 2.47. The number of carbonyl (C=O) groups is 1. The first kappa shape index (κ1) is 24.5. The molecular formula is C25H32N2O6S. The number of aliphatic hydroxyl groups excluding tert-OH is 1. The molecule has 2 aliphatic rings. The van der Waals surface area contributed by atoms with Gasteiger partial charge >= 0.3 is 5.97 Å². The number of aliphatic hydroxyl groups is 1. The summed E-state index contributed by atoms with van der Waals surface area (Å²) in [5.74, 6) is 1.12. The average Bonchev–Trinajstić information content (AvgIpc) is 3.01. The molecule has 1 saturated heterocycles. The van der Waals surface area contributed by atoms with Gasteiger partial charge in [0.05, 0.1) is 19.1 Å². The molecule has 34 heavy (non-hydrogen) atoms. The van der Waals surface area contributed by atoms with Gasteiger partial charge in [-0.2, -0.15) is 0 Å². The van der Waals surface area contributed by atoms with Gasteiger partial charge in [0.2, 0.25) is 0 Å². The fourth-order valence-electron chi connectivity index (χ4n) is 4.51. The van der Waals surface area contributed by atoms with Crippen LogP contribution >= 0.6 is 11.8 Å². The number of thioether (sulfide) groups is 1. The molecule has 2 aliphatic heterocycles. The lowest BCUT2D eigenvalue weighted by Gasteiger charge is -2.37. The molecule has 2 aromatic carbocycles. The van der Waals surface area contributed by atoms with Crippen LogP contribution < -0.4 is 14.4 Å². The van der Waals surface area contributed by atoms with Crippen molar-refractivity contribution in [2.45, 2.75) is 28.6 Å². The minimum Gasteiger partial charge on any atom is -0.508 e. The SMILES string of the molecule is COC(=O)[C@]1(CCCN2CCN(c3ccc(O)cc3)CC2)Sc2cc(OC)ccc2OC[C@@H]1O. The molecule has 184 valence electrons. The number of esters is 1. The van der Waals surface area contributed by atoms with E-state index < -0.39 is 16.8 Å². The first-order valence-corrected chi connectivity index (χ1v) is 12.3. The molecule has 0 saturated carbocycles. The Morgan fingerprint density at radius 1 is 1.15 bits per heavy atom.